The summed E-state index contributed by atoms with van der Waals surface area (Å²) in [7, 11) is 1.66. The van der Waals surface area contributed by atoms with Crippen LogP contribution in [0.3, 0.4) is 0 Å². The Morgan fingerprint density at radius 2 is 2.05 bits per heavy atom. The molecule has 0 bridgehead atoms. The van der Waals surface area contributed by atoms with Crippen molar-refractivity contribution >= 4 is 6.09 Å². The Morgan fingerprint density at radius 3 is 2.70 bits per heavy atom. The third-order valence-corrected chi connectivity index (χ3v) is 3.53. The van der Waals surface area contributed by atoms with Gasteiger partial charge in [0.15, 0.2) is 0 Å². The lowest BCUT2D eigenvalue weighted by Gasteiger charge is -2.31. The minimum absolute atomic E-state index is 0.249. The maximum Gasteiger partial charge on any atom is 0.410 e. The molecule has 1 amide bonds. The quantitative estimate of drug-likeness (QED) is 0.904. The molecule has 4 heteroatoms. The molecule has 0 saturated carbocycles. The van der Waals surface area contributed by atoms with Gasteiger partial charge in [0.05, 0.1) is 6.54 Å². The van der Waals surface area contributed by atoms with Crippen molar-refractivity contribution in [1.29, 1.82) is 0 Å². The second-order valence-corrected chi connectivity index (χ2v) is 6.53. The van der Waals surface area contributed by atoms with E-state index in [4.69, 9.17) is 4.74 Å². The molecule has 2 rings (SSSR count). The van der Waals surface area contributed by atoms with Gasteiger partial charge in [-0.3, -0.25) is 0 Å². The van der Waals surface area contributed by atoms with E-state index in [2.05, 4.69) is 0 Å². The molecule has 0 aliphatic heterocycles. The molecular weight excluding hydrogens is 254 g/mol. The van der Waals surface area contributed by atoms with Gasteiger partial charge in [-0.1, -0.05) is 24.3 Å². The highest BCUT2D eigenvalue weighted by atomic mass is 16.6. The van der Waals surface area contributed by atoms with Crippen LogP contribution >= 0.6 is 0 Å². The molecule has 0 aromatic heterocycles. The van der Waals surface area contributed by atoms with Crippen LogP contribution in [-0.4, -0.2) is 35.3 Å². The van der Waals surface area contributed by atoms with E-state index in [1.807, 2.05) is 45.0 Å². The lowest BCUT2D eigenvalue weighted by Crippen LogP contribution is -2.42. The van der Waals surface area contributed by atoms with E-state index in [1.54, 1.807) is 7.05 Å². The molecule has 1 aromatic rings. The number of hydrogen-bond donors (Lipinski definition) is 1. The third kappa shape index (κ3) is 3.12. The monoisotopic (exact) mass is 277 g/mol. The number of benzene rings is 1. The van der Waals surface area contributed by atoms with E-state index < -0.39 is 17.3 Å². The van der Waals surface area contributed by atoms with Crippen molar-refractivity contribution in [3.8, 4) is 0 Å². The number of carbonyl (C=O) groups is 1. The summed E-state index contributed by atoms with van der Waals surface area (Å²) in [6.07, 6.45) is 1.07. The molecule has 1 aromatic carbocycles. The van der Waals surface area contributed by atoms with E-state index >= 15 is 0 Å². The van der Waals surface area contributed by atoms with Crippen LogP contribution in [0.25, 0.3) is 0 Å². The fourth-order valence-electron chi connectivity index (χ4n) is 2.63. The van der Waals surface area contributed by atoms with Crippen LogP contribution in [0.4, 0.5) is 4.79 Å². The zero-order valence-electron chi connectivity index (χ0n) is 12.6. The summed E-state index contributed by atoms with van der Waals surface area (Å²) < 4.78 is 5.32. The van der Waals surface area contributed by atoms with Gasteiger partial charge in [0.2, 0.25) is 0 Å². The molecule has 1 aliphatic rings. The Kier molecular flexibility index (Phi) is 3.78. The number of amides is 1. The number of hydrogen-bond acceptors (Lipinski definition) is 3. The highest BCUT2D eigenvalue weighted by Crippen LogP contribution is 2.37. The first-order valence-corrected chi connectivity index (χ1v) is 6.96. The Hall–Kier alpha value is -1.55. The van der Waals surface area contributed by atoms with Crippen molar-refractivity contribution in [2.45, 2.75) is 44.8 Å². The Morgan fingerprint density at radius 1 is 1.40 bits per heavy atom. The van der Waals surface area contributed by atoms with Crippen LogP contribution in [0.2, 0.25) is 0 Å². The van der Waals surface area contributed by atoms with Gasteiger partial charge in [-0.2, -0.15) is 0 Å². The number of aliphatic hydroxyl groups is 1. The molecule has 0 spiro atoms. The SMILES string of the molecule is CN(CC1(O)CCc2ccccc21)C(=O)OC(C)(C)C. The zero-order chi connectivity index (χ0) is 15.0. The van der Waals surface area contributed by atoms with Gasteiger partial charge >= 0.3 is 6.09 Å². The average Bonchev–Trinajstić information content (AvgIpc) is 2.66. The number of aryl methyl sites for hydroxylation is 1. The largest absolute Gasteiger partial charge is 0.444 e. The number of rotatable bonds is 2. The molecule has 4 nitrogen and oxygen atoms in total. The first kappa shape index (κ1) is 14.9. The van der Waals surface area contributed by atoms with Crippen LogP contribution in [-0.2, 0) is 16.8 Å². The van der Waals surface area contributed by atoms with Gasteiger partial charge in [-0.15, -0.1) is 0 Å². The van der Waals surface area contributed by atoms with E-state index in [1.165, 1.54) is 4.90 Å². The van der Waals surface area contributed by atoms with Crippen molar-refractivity contribution in [2.24, 2.45) is 0 Å². The first-order valence-electron chi connectivity index (χ1n) is 6.96. The average molecular weight is 277 g/mol. The molecule has 110 valence electrons. The third-order valence-electron chi connectivity index (χ3n) is 3.53. The molecule has 0 fully saturated rings. The van der Waals surface area contributed by atoms with Gasteiger partial charge in [-0.05, 0) is 44.7 Å². The van der Waals surface area contributed by atoms with Crippen LogP contribution in [0.5, 0.6) is 0 Å². The standard InChI is InChI=1S/C16H23NO3/c1-15(2,3)20-14(18)17(4)11-16(19)10-9-12-7-5-6-8-13(12)16/h5-8,19H,9-11H2,1-4H3. The highest BCUT2D eigenvalue weighted by Gasteiger charge is 2.38. The number of carbonyl (C=O) groups excluding carboxylic acids is 1. The summed E-state index contributed by atoms with van der Waals surface area (Å²) in [5, 5.41) is 10.8. The second kappa shape index (κ2) is 5.09. The molecule has 1 atom stereocenters. The van der Waals surface area contributed by atoms with E-state index in [0.29, 0.717) is 6.42 Å². The van der Waals surface area contributed by atoms with Crippen molar-refractivity contribution in [3.63, 3.8) is 0 Å². The summed E-state index contributed by atoms with van der Waals surface area (Å²) >= 11 is 0. The maximum absolute atomic E-state index is 12.0. The van der Waals surface area contributed by atoms with Crippen molar-refractivity contribution in [1.82, 2.24) is 4.90 Å². The van der Waals surface area contributed by atoms with E-state index in [-0.39, 0.29) is 6.54 Å². The summed E-state index contributed by atoms with van der Waals surface area (Å²) in [5.74, 6) is 0. The molecule has 0 radical (unpaired) electrons. The Balaban J connectivity index is 2.09. The maximum atomic E-state index is 12.0. The zero-order valence-corrected chi connectivity index (χ0v) is 12.6. The van der Waals surface area contributed by atoms with Crippen LogP contribution < -0.4 is 0 Å². The summed E-state index contributed by atoms with van der Waals surface area (Å²) in [4.78, 5) is 13.4. The first-order chi connectivity index (χ1) is 9.21. The second-order valence-electron chi connectivity index (χ2n) is 6.53. The number of fused-ring (bicyclic) bond motifs is 1. The fraction of sp³-hybridized carbons (Fsp3) is 0.562. The summed E-state index contributed by atoms with van der Waals surface area (Å²) in [5.41, 5.74) is 0.590. The van der Waals surface area contributed by atoms with Gasteiger partial charge in [0, 0.05) is 7.05 Å². The lowest BCUT2D eigenvalue weighted by molar-refractivity contribution is -0.0135. The Bertz CT molecular complexity index is 507. The van der Waals surface area contributed by atoms with Gasteiger partial charge in [0.1, 0.15) is 11.2 Å². The van der Waals surface area contributed by atoms with Crippen LogP contribution in [0.15, 0.2) is 24.3 Å². The van der Waals surface area contributed by atoms with Gasteiger partial charge in [-0.25, -0.2) is 4.79 Å². The summed E-state index contributed by atoms with van der Waals surface area (Å²) in [6, 6.07) is 7.86. The molecule has 0 saturated heterocycles. The predicted molar refractivity (Wildman–Crippen MR) is 77.5 cm³/mol. The van der Waals surface area contributed by atoms with Crippen molar-refractivity contribution in [2.75, 3.05) is 13.6 Å². The van der Waals surface area contributed by atoms with Crippen LogP contribution in [0.1, 0.15) is 38.3 Å². The number of nitrogens with zero attached hydrogens (tertiary/aromatic N) is 1. The molecular formula is C16H23NO3. The number of ether oxygens (including phenoxy) is 1. The molecule has 1 N–H and O–H groups in total. The lowest BCUT2D eigenvalue weighted by atomic mass is 9.95. The normalized spacial score (nSPS) is 21.4. The van der Waals surface area contributed by atoms with E-state index in [9.17, 15) is 9.90 Å². The molecule has 0 heterocycles. The molecule has 20 heavy (non-hydrogen) atoms. The minimum atomic E-state index is -0.970. The summed E-state index contributed by atoms with van der Waals surface area (Å²) in [6.45, 7) is 5.74. The van der Waals surface area contributed by atoms with Gasteiger partial charge in [0.25, 0.3) is 0 Å². The Labute approximate surface area is 120 Å². The predicted octanol–water partition coefficient (Wildman–Crippen LogP) is 2.69. The molecule has 1 aliphatic carbocycles. The number of likely N-dealkylation sites (N-methyl/N-ethyl adjacent to an activating group) is 1. The highest BCUT2D eigenvalue weighted by molar-refractivity contribution is 5.68. The molecule has 1 unspecified atom stereocenters. The van der Waals surface area contributed by atoms with Gasteiger partial charge < -0.3 is 14.7 Å². The fourth-order valence-corrected chi connectivity index (χ4v) is 2.63. The minimum Gasteiger partial charge on any atom is -0.444 e. The van der Waals surface area contributed by atoms with Crippen LogP contribution in [0, 0.1) is 0 Å². The smallest absolute Gasteiger partial charge is 0.410 e. The van der Waals surface area contributed by atoms with Crippen molar-refractivity contribution in [3.05, 3.63) is 35.4 Å². The topological polar surface area (TPSA) is 49.8 Å². The van der Waals surface area contributed by atoms with E-state index in [0.717, 1.165) is 17.5 Å². The van der Waals surface area contributed by atoms with Crippen molar-refractivity contribution < 1.29 is 14.6 Å².